The Morgan fingerprint density at radius 2 is 1.12 bits per heavy atom. The van der Waals surface area contributed by atoms with Gasteiger partial charge < -0.3 is 9.13 Å². The van der Waals surface area contributed by atoms with E-state index in [0.29, 0.717) is 32.2 Å². The number of benzene rings is 1. The molecule has 0 radical (unpaired) electrons. The Morgan fingerprint density at radius 1 is 0.792 bits per heavy atom. The van der Waals surface area contributed by atoms with E-state index in [1.54, 1.807) is 37.1 Å². The van der Waals surface area contributed by atoms with Crippen molar-refractivity contribution in [1.29, 1.82) is 0 Å². The van der Waals surface area contributed by atoms with Crippen molar-refractivity contribution in [2.75, 3.05) is 0 Å². The number of hydrogen-bond donors (Lipinski definition) is 0. The normalized spacial score (nSPS) is 11.3. The minimum atomic E-state index is -0.527. The Hall–Kier alpha value is -1.54. The molecule has 0 fully saturated rings. The van der Waals surface area contributed by atoms with Crippen LogP contribution in [0.15, 0.2) is 21.3 Å². The number of hydrogen-bond acceptors (Lipinski definition) is 2. The van der Waals surface area contributed by atoms with E-state index in [0.717, 1.165) is 0 Å². The molecule has 0 aliphatic carbocycles. The molecule has 2 heterocycles. The molecule has 24 heavy (non-hydrogen) atoms. The molecular formula is C16H14Br2F2N4. The van der Waals surface area contributed by atoms with Gasteiger partial charge in [-0.3, -0.25) is 0 Å². The summed E-state index contributed by atoms with van der Waals surface area (Å²) in [5, 5.41) is 0. The summed E-state index contributed by atoms with van der Waals surface area (Å²) in [4.78, 5) is 8.48. The molecule has 126 valence electrons. The Balaban J connectivity index is 2.24. The highest BCUT2D eigenvalue weighted by atomic mass is 79.9. The number of rotatable bonds is 2. The molecule has 0 saturated carbocycles. The second kappa shape index (κ2) is 6.07. The molecule has 0 aliphatic rings. The smallest absolute Gasteiger partial charge is 0.133 e. The van der Waals surface area contributed by atoms with Crippen LogP contribution in [0, 0.1) is 25.5 Å². The van der Waals surface area contributed by atoms with Crippen molar-refractivity contribution in [3.63, 3.8) is 0 Å². The van der Waals surface area contributed by atoms with Gasteiger partial charge in [0.05, 0.1) is 11.4 Å². The Labute approximate surface area is 154 Å². The molecule has 0 amide bonds. The maximum Gasteiger partial charge on any atom is 0.133 e. The van der Waals surface area contributed by atoms with E-state index >= 15 is 0 Å². The molecule has 0 aliphatic heterocycles. The molecule has 2 aromatic heterocycles. The van der Waals surface area contributed by atoms with Crippen LogP contribution < -0.4 is 0 Å². The lowest BCUT2D eigenvalue weighted by atomic mass is 10.1. The summed E-state index contributed by atoms with van der Waals surface area (Å²) in [6.07, 6.45) is 0. The molecule has 4 nitrogen and oxygen atoms in total. The number of nitrogens with zero attached hydrogens (tertiary/aromatic N) is 4. The van der Waals surface area contributed by atoms with Crippen LogP contribution in [0.25, 0.3) is 22.5 Å². The van der Waals surface area contributed by atoms with Crippen molar-refractivity contribution >= 4 is 31.9 Å². The van der Waals surface area contributed by atoms with Crippen LogP contribution in [0.1, 0.15) is 11.6 Å². The van der Waals surface area contributed by atoms with Gasteiger partial charge in [0.15, 0.2) is 0 Å². The summed E-state index contributed by atoms with van der Waals surface area (Å²) >= 11 is 6.62. The van der Waals surface area contributed by atoms with E-state index in [9.17, 15) is 8.78 Å². The van der Waals surface area contributed by atoms with E-state index in [2.05, 4.69) is 41.8 Å². The second-order valence-corrected chi connectivity index (χ2v) is 7.03. The largest absolute Gasteiger partial charge is 0.330 e. The van der Waals surface area contributed by atoms with E-state index in [1.165, 1.54) is 12.1 Å². The Morgan fingerprint density at radius 3 is 1.38 bits per heavy atom. The first kappa shape index (κ1) is 17.3. The monoisotopic (exact) mass is 458 g/mol. The minimum Gasteiger partial charge on any atom is -0.330 e. The standard InChI is InChI=1S/C16H14Br2F2N4/c1-7-21-15(17)13(23(7)3)9-5-12(20)10(6-11(9)19)14-16(18)22-8(2)24(14)4/h5-6H,1-4H3. The van der Waals surface area contributed by atoms with Crippen molar-refractivity contribution in [2.24, 2.45) is 14.1 Å². The zero-order chi connectivity index (χ0) is 17.8. The summed E-state index contributed by atoms with van der Waals surface area (Å²) in [6.45, 7) is 3.60. The predicted octanol–water partition coefficient (Wildman–Crippen LogP) is 4.91. The molecule has 8 heteroatoms. The third kappa shape index (κ3) is 2.61. The summed E-state index contributed by atoms with van der Waals surface area (Å²) in [5.41, 5.74) is 1.30. The second-order valence-electron chi connectivity index (χ2n) is 5.53. The van der Waals surface area contributed by atoms with Crippen molar-refractivity contribution in [2.45, 2.75) is 13.8 Å². The van der Waals surface area contributed by atoms with Gasteiger partial charge in [0.1, 0.15) is 32.5 Å². The average Bonchev–Trinajstić information content (AvgIpc) is 2.89. The molecule has 0 saturated heterocycles. The van der Waals surface area contributed by atoms with E-state index in [4.69, 9.17) is 0 Å². The average molecular weight is 460 g/mol. The lowest BCUT2D eigenvalue weighted by molar-refractivity contribution is 0.603. The fourth-order valence-corrected chi connectivity index (χ4v) is 4.11. The highest BCUT2D eigenvalue weighted by molar-refractivity contribution is 9.10. The minimum absolute atomic E-state index is 0.154. The van der Waals surface area contributed by atoms with Gasteiger partial charge in [0.2, 0.25) is 0 Å². The van der Waals surface area contributed by atoms with Crippen molar-refractivity contribution in [3.05, 3.63) is 44.6 Å². The van der Waals surface area contributed by atoms with Crippen LogP contribution >= 0.6 is 31.9 Å². The highest BCUT2D eigenvalue weighted by Crippen LogP contribution is 2.36. The Bertz CT molecular complexity index is 882. The first-order valence-corrected chi connectivity index (χ1v) is 8.68. The lowest BCUT2D eigenvalue weighted by Crippen LogP contribution is -2.00. The quantitative estimate of drug-likeness (QED) is 0.545. The van der Waals surface area contributed by atoms with Gasteiger partial charge >= 0.3 is 0 Å². The van der Waals surface area contributed by atoms with Crippen LogP contribution in [-0.2, 0) is 14.1 Å². The summed E-state index contributed by atoms with van der Waals surface area (Å²) in [7, 11) is 3.52. The number of imidazole rings is 2. The molecular weight excluding hydrogens is 446 g/mol. The molecule has 0 unspecified atom stereocenters. The zero-order valence-corrected chi connectivity index (χ0v) is 16.6. The molecule has 0 atom stereocenters. The van der Waals surface area contributed by atoms with Gasteiger partial charge in [-0.15, -0.1) is 0 Å². The number of aryl methyl sites for hydroxylation is 2. The maximum atomic E-state index is 14.8. The molecule has 1 aromatic carbocycles. The van der Waals surface area contributed by atoms with E-state index in [1.807, 2.05) is 0 Å². The van der Waals surface area contributed by atoms with Crippen molar-refractivity contribution in [3.8, 4) is 22.5 Å². The Kier molecular flexibility index (Phi) is 4.37. The molecule has 3 aromatic rings. The lowest BCUT2D eigenvalue weighted by Gasteiger charge is -2.11. The van der Waals surface area contributed by atoms with Gasteiger partial charge in [0, 0.05) is 25.2 Å². The number of aromatic nitrogens is 4. The topological polar surface area (TPSA) is 35.6 Å². The van der Waals surface area contributed by atoms with Crippen LogP contribution in [0.2, 0.25) is 0 Å². The molecule has 0 spiro atoms. The fourth-order valence-electron chi connectivity index (χ4n) is 2.63. The van der Waals surface area contributed by atoms with Gasteiger partial charge in [0.25, 0.3) is 0 Å². The van der Waals surface area contributed by atoms with Crippen LogP contribution in [0.3, 0.4) is 0 Å². The fraction of sp³-hybridized carbons (Fsp3) is 0.250. The first-order valence-electron chi connectivity index (χ1n) is 7.09. The SMILES string of the molecule is Cc1nc(Br)c(-c2cc(F)c(-c3c(Br)nc(C)n3C)cc2F)n1C. The van der Waals surface area contributed by atoms with E-state index in [-0.39, 0.29) is 11.1 Å². The van der Waals surface area contributed by atoms with Gasteiger partial charge in [-0.05, 0) is 57.8 Å². The predicted molar refractivity (Wildman–Crippen MR) is 95.6 cm³/mol. The summed E-state index contributed by atoms with van der Waals surface area (Å²) in [6, 6.07) is 2.39. The summed E-state index contributed by atoms with van der Waals surface area (Å²) < 4.78 is 33.9. The third-order valence-corrected chi connectivity index (χ3v) is 5.23. The number of halogens is 4. The van der Waals surface area contributed by atoms with Crippen LogP contribution in [0.4, 0.5) is 8.78 Å². The van der Waals surface area contributed by atoms with Crippen LogP contribution in [-0.4, -0.2) is 19.1 Å². The zero-order valence-electron chi connectivity index (χ0n) is 13.5. The van der Waals surface area contributed by atoms with Crippen molar-refractivity contribution < 1.29 is 8.78 Å². The van der Waals surface area contributed by atoms with Gasteiger partial charge in [-0.25, -0.2) is 18.7 Å². The molecule has 0 N–H and O–H groups in total. The van der Waals surface area contributed by atoms with Gasteiger partial charge in [-0.2, -0.15) is 0 Å². The summed E-state index contributed by atoms with van der Waals surface area (Å²) in [5.74, 6) is 0.346. The van der Waals surface area contributed by atoms with Crippen molar-refractivity contribution in [1.82, 2.24) is 19.1 Å². The first-order chi connectivity index (χ1) is 11.2. The van der Waals surface area contributed by atoms with Gasteiger partial charge in [-0.1, -0.05) is 0 Å². The van der Waals surface area contributed by atoms with E-state index < -0.39 is 11.6 Å². The maximum absolute atomic E-state index is 14.8. The molecule has 3 rings (SSSR count). The van der Waals surface area contributed by atoms with Crippen LogP contribution in [0.5, 0.6) is 0 Å². The third-order valence-electron chi connectivity index (χ3n) is 4.12. The highest BCUT2D eigenvalue weighted by Gasteiger charge is 2.22. The molecule has 0 bridgehead atoms.